The number of guanidine groups is 1. The van der Waals surface area contributed by atoms with E-state index in [4.69, 9.17) is 16.3 Å². The molecule has 0 saturated heterocycles. The van der Waals surface area contributed by atoms with E-state index in [9.17, 15) is 0 Å². The van der Waals surface area contributed by atoms with E-state index in [1.807, 2.05) is 31.2 Å². The Morgan fingerprint density at radius 2 is 2.09 bits per heavy atom. The third-order valence-corrected chi connectivity index (χ3v) is 4.03. The van der Waals surface area contributed by atoms with E-state index in [1.54, 1.807) is 18.4 Å². The maximum absolute atomic E-state index is 6.08. The molecule has 1 aromatic carbocycles. The molecule has 1 aromatic heterocycles. The molecule has 1 atom stereocenters. The molecule has 0 spiro atoms. The Kier molecular flexibility index (Phi) is 9.35. The van der Waals surface area contributed by atoms with Gasteiger partial charge in [0.15, 0.2) is 5.96 Å². The minimum Gasteiger partial charge on any atom is -0.487 e. The predicted molar refractivity (Wildman–Crippen MR) is 109 cm³/mol. The fourth-order valence-corrected chi connectivity index (χ4v) is 2.69. The first-order valence-corrected chi connectivity index (χ1v) is 8.38. The molecule has 1 heterocycles. The Balaban J connectivity index is 0.00000264. The monoisotopic (exact) mass is 465 g/mol. The first-order valence-electron chi connectivity index (χ1n) is 7.06. The van der Waals surface area contributed by atoms with Crippen LogP contribution in [0.1, 0.15) is 12.5 Å². The molecule has 0 saturated carbocycles. The summed E-state index contributed by atoms with van der Waals surface area (Å²) in [5.41, 5.74) is 1.24. The van der Waals surface area contributed by atoms with Crippen LogP contribution in [0.2, 0.25) is 5.02 Å². The van der Waals surface area contributed by atoms with Gasteiger partial charge in [-0.3, -0.25) is 4.99 Å². The summed E-state index contributed by atoms with van der Waals surface area (Å²) in [6.45, 7) is 3.37. The zero-order chi connectivity index (χ0) is 15.8. The van der Waals surface area contributed by atoms with Gasteiger partial charge in [0.1, 0.15) is 11.9 Å². The Hall–Kier alpha value is -0.990. The minimum absolute atomic E-state index is 0. The second-order valence-electron chi connectivity index (χ2n) is 4.80. The van der Waals surface area contributed by atoms with Crippen molar-refractivity contribution in [2.24, 2.45) is 4.99 Å². The Bertz CT molecular complexity index is 607. The highest BCUT2D eigenvalue weighted by Gasteiger charge is 2.08. The summed E-state index contributed by atoms with van der Waals surface area (Å²) in [5, 5.41) is 11.3. The second kappa shape index (κ2) is 10.7. The number of aliphatic imine (C=N–C) groups is 1. The number of hydrogen-bond acceptors (Lipinski definition) is 3. The van der Waals surface area contributed by atoms with Crippen LogP contribution in [0, 0.1) is 0 Å². The van der Waals surface area contributed by atoms with Crippen LogP contribution >= 0.6 is 46.9 Å². The van der Waals surface area contributed by atoms with E-state index >= 15 is 0 Å². The molecule has 0 fully saturated rings. The molecule has 2 rings (SSSR count). The molecule has 0 bridgehead atoms. The number of nitrogens with one attached hydrogen (secondary N) is 2. The highest BCUT2D eigenvalue weighted by Crippen LogP contribution is 2.23. The number of thiophene rings is 1. The van der Waals surface area contributed by atoms with E-state index in [2.05, 4.69) is 32.5 Å². The van der Waals surface area contributed by atoms with Gasteiger partial charge in [-0.15, -0.1) is 24.0 Å². The van der Waals surface area contributed by atoms with E-state index < -0.39 is 0 Å². The molecule has 2 N–H and O–H groups in total. The van der Waals surface area contributed by atoms with Crippen molar-refractivity contribution >= 4 is 52.9 Å². The van der Waals surface area contributed by atoms with Gasteiger partial charge in [-0.2, -0.15) is 11.3 Å². The van der Waals surface area contributed by atoms with Crippen molar-refractivity contribution in [3.63, 3.8) is 0 Å². The van der Waals surface area contributed by atoms with E-state index in [-0.39, 0.29) is 30.1 Å². The largest absolute Gasteiger partial charge is 0.487 e. The summed E-state index contributed by atoms with van der Waals surface area (Å²) < 4.78 is 5.81. The molecular formula is C16H21ClIN3OS. The highest BCUT2D eigenvalue weighted by atomic mass is 127. The number of benzene rings is 1. The number of ether oxygens (including phenoxy) is 1. The lowest BCUT2D eigenvalue weighted by Crippen LogP contribution is -2.41. The Labute approximate surface area is 163 Å². The standard InChI is InChI=1S/C16H20ClN3OS.HI/c1-12(21-15-6-4-3-5-14(15)17)9-19-16(18-2)20-10-13-7-8-22-11-13;/h3-8,11-12H,9-10H2,1-2H3,(H2,18,19,20);1H. The zero-order valence-corrected chi connectivity index (χ0v) is 17.0. The van der Waals surface area contributed by atoms with E-state index in [0.29, 0.717) is 17.3 Å². The summed E-state index contributed by atoms with van der Waals surface area (Å²) in [5.74, 6) is 1.44. The maximum atomic E-state index is 6.08. The Morgan fingerprint density at radius 1 is 1.30 bits per heavy atom. The zero-order valence-electron chi connectivity index (χ0n) is 13.1. The van der Waals surface area contributed by atoms with Crippen LogP contribution in [0.15, 0.2) is 46.1 Å². The van der Waals surface area contributed by atoms with Crippen molar-refractivity contribution < 1.29 is 4.74 Å². The summed E-state index contributed by atoms with van der Waals surface area (Å²) in [4.78, 5) is 4.20. The first-order chi connectivity index (χ1) is 10.7. The van der Waals surface area contributed by atoms with Crippen LogP contribution in [0.4, 0.5) is 0 Å². The van der Waals surface area contributed by atoms with Crippen molar-refractivity contribution in [3.05, 3.63) is 51.7 Å². The van der Waals surface area contributed by atoms with Crippen molar-refractivity contribution in [2.45, 2.75) is 19.6 Å². The lowest BCUT2D eigenvalue weighted by atomic mass is 10.3. The topological polar surface area (TPSA) is 45.7 Å². The molecule has 0 aliphatic heterocycles. The van der Waals surface area contributed by atoms with Crippen molar-refractivity contribution in [1.82, 2.24) is 10.6 Å². The number of para-hydroxylation sites is 1. The van der Waals surface area contributed by atoms with Crippen molar-refractivity contribution in [2.75, 3.05) is 13.6 Å². The molecule has 7 heteroatoms. The quantitative estimate of drug-likeness (QED) is 0.383. The molecule has 0 radical (unpaired) electrons. The lowest BCUT2D eigenvalue weighted by molar-refractivity contribution is 0.224. The van der Waals surface area contributed by atoms with Crippen LogP contribution in [0.25, 0.3) is 0 Å². The molecule has 126 valence electrons. The van der Waals surface area contributed by atoms with Gasteiger partial charge in [0.05, 0.1) is 11.6 Å². The molecule has 0 aliphatic carbocycles. The van der Waals surface area contributed by atoms with E-state index in [1.165, 1.54) is 5.56 Å². The van der Waals surface area contributed by atoms with Gasteiger partial charge < -0.3 is 15.4 Å². The third kappa shape index (κ3) is 6.97. The van der Waals surface area contributed by atoms with Gasteiger partial charge in [0, 0.05) is 13.6 Å². The average Bonchev–Trinajstić information content (AvgIpc) is 3.03. The Morgan fingerprint density at radius 3 is 2.74 bits per heavy atom. The van der Waals surface area contributed by atoms with Crippen molar-refractivity contribution in [1.29, 1.82) is 0 Å². The molecule has 2 aromatic rings. The molecule has 4 nitrogen and oxygen atoms in total. The molecule has 0 aliphatic rings. The lowest BCUT2D eigenvalue weighted by Gasteiger charge is -2.18. The fraction of sp³-hybridized carbons (Fsp3) is 0.312. The van der Waals surface area contributed by atoms with Gasteiger partial charge in [-0.25, -0.2) is 0 Å². The summed E-state index contributed by atoms with van der Waals surface area (Å²) in [6.07, 6.45) is -0.0282. The first kappa shape index (κ1) is 20.1. The summed E-state index contributed by atoms with van der Waals surface area (Å²) in [7, 11) is 1.75. The number of nitrogens with zero attached hydrogens (tertiary/aromatic N) is 1. The van der Waals surface area contributed by atoms with Crippen LogP contribution < -0.4 is 15.4 Å². The average molecular weight is 466 g/mol. The van der Waals surface area contributed by atoms with Crippen molar-refractivity contribution in [3.8, 4) is 5.75 Å². The normalized spacial score (nSPS) is 12.2. The van der Waals surface area contributed by atoms with Crippen LogP contribution in [-0.4, -0.2) is 25.7 Å². The highest BCUT2D eigenvalue weighted by molar-refractivity contribution is 14.0. The molecule has 1 unspecified atom stereocenters. The second-order valence-corrected chi connectivity index (χ2v) is 5.98. The van der Waals surface area contributed by atoms with E-state index in [0.717, 1.165) is 12.5 Å². The number of hydrogen-bond donors (Lipinski definition) is 2. The number of rotatable bonds is 6. The summed E-state index contributed by atoms with van der Waals surface area (Å²) in [6, 6.07) is 9.56. The van der Waals surface area contributed by atoms with Gasteiger partial charge >= 0.3 is 0 Å². The van der Waals surface area contributed by atoms with Gasteiger partial charge in [-0.05, 0) is 41.4 Å². The van der Waals surface area contributed by atoms with Gasteiger partial charge in [0.25, 0.3) is 0 Å². The summed E-state index contributed by atoms with van der Waals surface area (Å²) >= 11 is 7.77. The molecule has 0 amide bonds. The van der Waals surface area contributed by atoms with Crippen LogP contribution in [-0.2, 0) is 6.54 Å². The minimum atomic E-state index is -0.0282. The number of halogens is 2. The SMILES string of the molecule is CN=C(NCc1ccsc1)NCC(C)Oc1ccccc1Cl.I. The van der Waals surface area contributed by atoms with Crippen LogP contribution in [0.5, 0.6) is 5.75 Å². The van der Waals surface area contributed by atoms with Gasteiger partial charge in [0.2, 0.25) is 0 Å². The van der Waals surface area contributed by atoms with Gasteiger partial charge in [-0.1, -0.05) is 23.7 Å². The smallest absolute Gasteiger partial charge is 0.191 e. The third-order valence-electron chi connectivity index (χ3n) is 2.99. The predicted octanol–water partition coefficient (Wildman–Crippen LogP) is 4.15. The molecule has 23 heavy (non-hydrogen) atoms. The maximum Gasteiger partial charge on any atom is 0.191 e. The molecular weight excluding hydrogens is 445 g/mol. The van der Waals surface area contributed by atoms with Crippen LogP contribution in [0.3, 0.4) is 0 Å². The fourth-order valence-electron chi connectivity index (χ4n) is 1.84.